The van der Waals surface area contributed by atoms with Gasteiger partial charge in [-0.1, -0.05) is 29.8 Å². The average molecular weight is 252 g/mol. The first kappa shape index (κ1) is 11.1. The van der Waals surface area contributed by atoms with Crippen molar-refractivity contribution in [1.82, 2.24) is 4.98 Å². The molecule has 0 aliphatic rings. The summed E-state index contributed by atoms with van der Waals surface area (Å²) in [5.41, 5.74) is 1.80. The van der Waals surface area contributed by atoms with Gasteiger partial charge in [0.1, 0.15) is 0 Å². The summed E-state index contributed by atoms with van der Waals surface area (Å²) >= 11 is 7.60. The van der Waals surface area contributed by atoms with Crippen molar-refractivity contribution in [3.8, 4) is 11.3 Å². The van der Waals surface area contributed by atoms with E-state index < -0.39 is 0 Å². The molecule has 0 aliphatic carbocycles. The molecule has 2 aromatic rings. The van der Waals surface area contributed by atoms with Crippen LogP contribution in [0.3, 0.4) is 0 Å². The summed E-state index contributed by atoms with van der Waals surface area (Å²) in [5, 5.41) is 8.87. The van der Waals surface area contributed by atoms with Gasteiger partial charge in [0.15, 0.2) is 0 Å². The zero-order valence-corrected chi connectivity index (χ0v) is 10.3. The molecule has 0 atom stereocenters. The van der Waals surface area contributed by atoms with E-state index in [1.165, 1.54) is 11.3 Å². The fraction of sp³-hybridized carbons (Fsp3) is 0.0909. The number of halogens is 1. The Hall–Kier alpha value is -1.39. The van der Waals surface area contributed by atoms with E-state index in [1.54, 1.807) is 5.01 Å². The molecule has 0 bridgehead atoms. The second kappa shape index (κ2) is 4.63. The van der Waals surface area contributed by atoms with Crippen molar-refractivity contribution in [3.05, 3.63) is 34.7 Å². The van der Waals surface area contributed by atoms with E-state index in [-0.39, 0.29) is 0 Å². The topological polar surface area (TPSA) is 28.5 Å². The molecule has 1 heterocycles. The van der Waals surface area contributed by atoms with E-state index in [2.05, 4.69) is 16.8 Å². The first-order valence-electron chi connectivity index (χ1n) is 4.63. The number of nitrogens with zero attached hydrogens (tertiary/aromatic N) is 3. The molecule has 0 amide bonds. The Bertz CT molecular complexity index is 509. The number of benzene rings is 1. The van der Waals surface area contributed by atoms with Crippen LogP contribution in [0.5, 0.6) is 0 Å². The molecule has 0 saturated carbocycles. The third kappa shape index (κ3) is 2.08. The van der Waals surface area contributed by atoms with Crippen LogP contribution in [0.1, 0.15) is 0 Å². The molecular weight excluding hydrogens is 242 g/mol. The number of hydrazone groups is 1. The highest BCUT2D eigenvalue weighted by atomic mass is 35.5. The highest BCUT2D eigenvalue weighted by molar-refractivity contribution is 7.14. The smallest absolute Gasteiger partial charge is 0.206 e. The van der Waals surface area contributed by atoms with E-state index in [9.17, 15) is 0 Å². The molecular formula is C11H10ClN3S. The molecule has 5 heteroatoms. The standard InChI is InChI=1S/C11H10ClN3S/c1-13-15(2)11-14-10(7-16-11)8-5-3-4-6-9(8)12/h3-7H,1H2,2H3. The summed E-state index contributed by atoms with van der Waals surface area (Å²) in [6.45, 7) is 3.45. The lowest BCUT2D eigenvalue weighted by molar-refractivity contribution is 1.01. The number of hydrogen-bond donors (Lipinski definition) is 0. The zero-order valence-electron chi connectivity index (χ0n) is 8.72. The highest BCUT2D eigenvalue weighted by Gasteiger charge is 2.09. The van der Waals surface area contributed by atoms with Crippen LogP contribution in [0.2, 0.25) is 5.02 Å². The van der Waals surface area contributed by atoms with Crippen molar-refractivity contribution < 1.29 is 0 Å². The molecule has 1 aromatic heterocycles. The summed E-state index contributed by atoms with van der Waals surface area (Å²) in [4.78, 5) is 4.44. The van der Waals surface area contributed by atoms with Gasteiger partial charge in [0.05, 0.1) is 5.69 Å². The quantitative estimate of drug-likeness (QED) is 0.617. The molecule has 3 nitrogen and oxygen atoms in total. The van der Waals surface area contributed by atoms with Crippen molar-refractivity contribution in [2.45, 2.75) is 0 Å². The van der Waals surface area contributed by atoms with Gasteiger partial charge in [-0.15, -0.1) is 11.3 Å². The Morgan fingerprint density at radius 2 is 2.19 bits per heavy atom. The minimum Gasteiger partial charge on any atom is -0.243 e. The Morgan fingerprint density at radius 1 is 1.44 bits per heavy atom. The minimum absolute atomic E-state index is 0.702. The van der Waals surface area contributed by atoms with Gasteiger partial charge >= 0.3 is 0 Å². The van der Waals surface area contributed by atoms with Crippen molar-refractivity contribution >= 4 is 34.8 Å². The fourth-order valence-electron chi connectivity index (χ4n) is 1.27. The molecule has 16 heavy (non-hydrogen) atoms. The molecule has 0 radical (unpaired) electrons. The predicted molar refractivity (Wildman–Crippen MR) is 70.5 cm³/mol. The van der Waals surface area contributed by atoms with Gasteiger partial charge in [-0.3, -0.25) is 0 Å². The summed E-state index contributed by atoms with van der Waals surface area (Å²) in [7, 11) is 1.81. The minimum atomic E-state index is 0.702. The summed E-state index contributed by atoms with van der Waals surface area (Å²) < 4.78 is 0. The molecule has 0 unspecified atom stereocenters. The second-order valence-corrected chi connectivity index (χ2v) is 4.40. The van der Waals surface area contributed by atoms with Crippen LogP contribution in [0.15, 0.2) is 34.7 Å². The number of aromatic nitrogens is 1. The monoisotopic (exact) mass is 251 g/mol. The molecule has 0 N–H and O–H groups in total. The maximum absolute atomic E-state index is 6.10. The molecule has 2 rings (SSSR count). The maximum Gasteiger partial charge on any atom is 0.206 e. The Morgan fingerprint density at radius 3 is 2.88 bits per heavy atom. The first-order chi connectivity index (χ1) is 7.72. The Balaban J connectivity index is 2.39. The number of thiazole rings is 1. The van der Waals surface area contributed by atoms with Crippen LogP contribution in [0.4, 0.5) is 5.13 Å². The normalized spacial score (nSPS) is 10.1. The summed E-state index contributed by atoms with van der Waals surface area (Å²) in [6.07, 6.45) is 0. The van der Waals surface area contributed by atoms with Gasteiger partial charge in [-0.25, -0.2) is 9.99 Å². The molecule has 1 aromatic carbocycles. The van der Waals surface area contributed by atoms with E-state index in [1.807, 2.05) is 36.7 Å². The fourth-order valence-corrected chi connectivity index (χ4v) is 2.26. The number of anilines is 1. The molecule has 0 aliphatic heterocycles. The second-order valence-electron chi connectivity index (χ2n) is 3.16. The predicted octanol–water partition coefficient (Wildman–Crippen LogP) is 3.52. The van der Waals surface area contributed by atoms with Crippen LogP contribution in [0.25, 0.3) is 11.3 Å². The van der Waals surface area contributed by atoms with Gasteiger partial charge in [-0.2, -0.15) is 5.10 Å². The Labute approximate surface area is 103 Å². The van der Waals surface area contributed by atoms with E-state index in [4.69, 9.17) is 11.6 Å². The molecule has 0 fully saturated rings. The number of hydrogen-bond acceptors (Lipinski definition) is 4. The van der Waals surface area contributed by atoms with Crippen molar-refractivity contribution in [2.75, 3.05) is 12.1 Å². The summed E-state index contributed by atoms with van der Waals surface area (Å²) in [6, 6.07) is 7.64. The zero-order chi connectivity index (χ0) is 11.5. The third-order valence-electron chi connectivity index (χ3n) is 2.13. The highest BCUT2D eigenvalue weighted by Crippen LogP contribution is 2.31. The van der Waals surface area contributed by atoms with Gasteiger partial charge in [0, 0.05) is 29.7 Å². The van der Waals surface area contributed by atoms with E-state index in [0.717, 1.165) is 16.4 Å². The van der Waals surface area contributed by atoms with Crippen LogP contribution >= 0.6 is 22.9 Å². The Kier molecular flexibility index (Phi) is 3.22. The van der Waals surface area contributed by atoms with Gasteiger partial charge in [0.25, 0.3) is 0 Å². The third-order valence-corrected chi connectivity index (χ3v) is 3.37. The van der Waals surface area contributed by atoms with Crippen LogP contribution < -0.4 is 5.01 Å². The van der Waals surface area contributed by atoms with Gasteiger partial charge < -0.3 is 0 Å². The maximum atomic E-state index is 6.10. The number of rotatable bonds is 3. The molecule has 0 spiro atoms. The average Bonchev–Trinajstić information content (AvgIpc) is 2.78. The van der Waals surface area contributed by atoms with Gasteiger partial charge in [0.2, 0.25) is 5.13 Å². The molecule has 0 saturated heterocycles. The van der Waals surface area contributed by atoms with Crippen molar-refractivity contribution in [1.29, 1.82) is 0 Å². The first-order valence-corrected chi connectivity index (χ1v) is 5.89. The van der Waals surface area contributed by atoms with Crippen molar-refractivity contribution in [3.63, 3.8) is 0 Å². The van der Waals surface area contributed by atoms with E-state index >= 15 is 0 Å². The van der Waals surface area contributed by atoms with Crippen LogP contribution in [0, 0.1) is 0 Å². The lowest BCUT2D eigenvalue weighted by Gasteiger charge is -2.05. The lowest BCUT2D eigenvalue weighted by Crippen LogP contribution is -2.06. The van der Waals surface area contributed by atoms with Gasteiger partial charge in [-0.05, 0) is 6.07 Å². The van der Waals surface area contributed by atoms with Crippen LogP contribution in [-0.2, 0) is 0 Å². The van der Waals surface area contributed by atoms with Crippen molar-refractivity contribution in [2.24, 2.45) is 5.10 Å². The summed E-state index contributed by atoms with van der Waals surface area (Å²) in [5.74, 6) is 0. The van der Waals surface area contributed by atoms with E-state index in [0.29, 0.717) is 5.02 Å². The van der Waals surface area contributed by atoms with Crippen LogP contribution in [-0.4, -0.2) is 18.7 Å². The lowest BCUT2D eigenvalue weighted by atomic mass is 10.2. The molecule has 82 valence electrons. The SMILES string of the molecule is C=NN(C)c1nc(-c2ccccc2Cl)cs1. The largest absolute Gasteiger partial charge is 0.243 e.